The molecule has 1 aliphatic heterocycles. The zero-order valence-corrected chi connectivity index (χ0v) is 19.4. The Hall–Kier alpha value is -2.40. The average Bonchev–Trinajstić information content (AvgIpc) is 3.25. The molecule has 0 bridgehead atoms. The monoisotopic (exact) mass is 504 g/mol. The van der Waals surface area contributed by atoms with E-state index in [9.17, 15) is 13.2 Å². The Morgan fingerprint density at radius 3 is 2.52 bits per heavy atom. The van der Waals surface area contributed by atoms with Crippen LogP contribution >= 0.6 is 24.8 Å². The molecule has 0 radical (unpaired) electrons. The van der Waals surface area contributed by atoms with E-state index in [2.05, 4.69) is 20.4 Å². The first-order valence-corrected chi connectivity index (χ1v) is 9.96. The summed E-state index contributed by atoms with van der Waals surface area (Å²) in [5.41, 5.74) is 8.54. The smallest absolute Gasteiger partial charge is 0.453 e. The lowest BCUT2D eigenvalue weighted by Crippen LogP contribution is -2.45. The highest BCUT2D eigenvalue weighted by Gasteiger charge is 2.38. The lowest BCUT2D eigenvalue weighted by atomic mass is 9.90. The van der Waals surface area contributed by atoms with Crippen LogP contribution < -0.4 is 10.5 Å². The fourth-order valence-electron chi connectivity index (χ4n) is 4.16. The summed E-state index contributed by atoms with van der Waals surface area (Å²) in [6.45, 7) is 1.28. The predicted molar refractivity (Wildman–Crippen MR) is 122 cm³/mol. The molecular weight excluding hydrogens is 480 g/mol. The number of alkyl halides is 3. The third kappa shape index (κ3) is 5.75. The van der Waals surface area contributed by atoms with Crippen molar-refractivity contribution in [3.05, 3.63) is 65.5 Å². The van der Waals surface area contributed by atoms with Crippen molar-refractivity contribution < 1.29 is 17.9 Å². The highest BCUT2D eigenvalue weighted by molar-refractivity contribution is 5.85. The van der Waals surface area contributed by atoms with Gasteiger partial charge in [0.25, 0.3) is 5.82 Å². The van der Waals surface area contributed by atoms with Crippen LogP contribution in [0.3, 0.4) is 0 Å². The first kappa shape index (κ1) is 26.8. The van der Waals surface area contributed by atoms with E-state index in [0.29, 0.717) is 17.0 Å². The minimum absolute atomic E-state index is 0. The van der Waals surface area contributed by atoms with E-state index in [1.807, 2.05) is 30.3 Å². The summed E-state index contributed by atoms with van der Waals surface area (Å²) in [7, 11) is 1.54. The second-order valence-corrected chi connectivity index (χ2v) is 7.54. The minimum atomic E-state index is -4.67. The van der Waals surface area contributed by atoms with Crippen molar-refractivity contribution in [3.63, 3.8) is 0 Å². The lowest BCUT2D eigenvalue weighted by molar-refractivity contribution is -0.146. The highest BCUT2D eigenvalue weighted by Crippen LogP contribution is 2.34. The summed E-state index contributed by atoms with van der Waals surface area (Å²) in [5, 5.41) is 9.86. The Morgan fingerprint density at radius 2 is 1.85 bits per heavy atom. The number of nitrogens with two attached hydrogens (primary N) is 1. The van der Waals surface area contributed by atoms with Gasteiger partial charge in [0, 0.05) is 18.2 Å². The summed E-state index contributed by atoms with van der Waals surface area (Å²) < 4.78 is 46.0. The number of aromatic nitrogens is 4. The third-order valence-electron chi connectivity index (χ3n) is 5.53. The Kier molecular flexibility index (Phi) is 9.07. The number of rotatable bonds is 5. The van der Waals surface area contributed by atoms with Gasteiger partial charge >= 0.3 is 6.18 Å². The second kappa shape index (κ2) is 11.1. The van der Waals surface area contributed by atoms with Gasteiger partial charge in [-0.3, -0.25) is 4.90 Å². The first-order chi connectivity index (χ1) is 14.9. The van der Waals surface area contributed by atoms with Crippen molar-refractivity contribution in [1.29, 1.82) is 0 Å². The number of methoxy groups -OCH3 is 1. The molecule has 0 aliphatic carbocycles. The van der Waals surface area contributed by atoms with Gasteiger partial charge in [-0.05, 0) is 53.6 Å². The van der Waals surface area contributed by atoms with Crippen LogP contribution in [0.5, 0.6) is 5.75 Å². The number of hydrogen-bond donors (Lipinski definition) is 1. The van der Waals surface area contributed by atoms with Crippen molar-refractivity contribution in [3.8, 4) is 11.4 Å². The average molecular weight is 505 g/mol. The van der Waals surface area contributed by atoms with Crippen LogP contribution in [0, 0.1) is 0 Å². The van der Waals surface area contributed by atoms with Crippen LogP contribution in [0.25, 0.3) is 5.69 Å². The Bertz CT molecular complexity index is 1030. The molecule has 1 fully saturated rings. The van der Waals surface area contributed by atoms with Gasteiger partial charge in [0.15, 0.2) is 0 Å². The molecule has 2 unspecified atom stereocenters. The molecule has 2 N–H and O–H groups in total. The Labute approximate surface area is 201 Å². The van der Waals surface area contributed by atoms with E-state index in [1.54, 1.807) is 12.1 Å². The molecule has 4 rings (SSSR count). The number of ether oxygens (including phenoxy) is 1. The van der Waals surface area contributed by atoms with E-state index in [4.69, 9.17) is 10.5 Å². The van der Waals surface area contributed by atoms with Crippen molar-refractivity contribution >= 4 is 24.8 Å². The van der Waals surface area contributed by atoms with Crippen LogP contribution in [0.1, 0.15) is 35.8 Å². The van der Waals surface area contributed by atoms with E-state index < -0.39 is 12.0 Å². The molecule has 0 spiro atoms. The maximum absolute atomic E-state index is 13.3. The molecular formula is C21H25Cl2F3N6O. The molecule has 33 heavy (non-hydrogen) atoms. The number of hydrogen-bond acceptors (Lipinski definition) is 6. The maximum atomic E-state index is 13.3. The van der Waals surface area contributed by atoms with Crippen molar-refractivity contribution in [2.24, 2.45) is 5.73 Å². The molecule has 2 atom stereocenters. The van der Waals surface area contributed by atoms with Gasteiger partial charge in [0.1, 0.15) is 5.75 Å². The SMILES string of the molecule is COc1ccc(-n2nnnc2C(F)(F)F)cc1CN1CCCC(N)C1c1ccccc1.Cl.Cl. The van der Waals surface area contributed by atoms with Gasteiger partial charge in [0.2, 0.25) is 0 Å². The summed E-state index contributed by atoms with van der Waals surface area (Å²) in [4.78, 5) is 2.25. The highest BCUT2D eigenvalue weighted by atomic mass is 35.5. The fourth-order valence-corrected chi connectivity index (χ4v) is 4.16. The third-order valence-corrected chi connectivity index (χ3v) is 5.53. The fraction of sp³-hybridized carbons (Fsp3) is 0.381. The Balaban J connectivity index is 0.00000193. The topological polar surface area (TPSA) is 82.1 Å². The van der Waals surface area contributed by atoms with Crippen molar-refractivity contribution in [2.45, 2.75) is 37.6 Å². The van der Waals surface area contributed by atoms with Gasteiger partial charge in [0.05, 0.1) is 18.8 Å². The number of tetrazole rings is 1. The van der Waals surface area contributed by atoms with E-state index in [-0.39, 0.29) is 42.6 Å². The number of halogens is 5. The molecule has 1 aromatic heterocycles. The zero-order chi connectivity index (χ0) is 22.0. The van der Waals surface area contributed by atoms with E-state index >= 15 is 0 Å². The van der Waals surface area contributed by atoms with Crippen molar-refractivity contribution in [1.82, 2.24) is 25.1 Å². The number of nitrogens with zero attached hydrogens (tertiary/aromatic N) is 5. The van der Waals surface area contributed by atoms with Gasteiger partial charge in [-0.2, -0.15) is 17.9 Å². The number of piperidine rings is 1. The molecule has 7 nitrogen and oxygen atoms in total. The van der Waals surface area contributed by atoms with Crippen LogP contribution in [0.4, 0.5) is 13.2 Å². The quantitative estimate of drug-likeness (QED) is 0.560. The summed E-state index contributed by atoms with van der Waals surface area (Å²) in [6, 6.07) is 14.7. The van der Waals surface area contributed by atoms with E-state index in [0.717, 1.165) is 30.5 Å². The molecule has 180 valence electrons. The van der Waals surface area contributed by atoms with Gasteiger partial charge in [-0.15, -0.1) is 29.9 Å². The van der Waals surface area contributed by atoms with Crippen LogP contribution in [0.2, 0.25) is 0 Å². The summed E-state index contributed by atoms with van der Waals surface area (Å²) >= 11 is 0. The first-order valence-electron chi connectivity index (χ1n) is 9.96. The van der Waals surface area contributed by atoms with Gasteiger partial charge in [-0.1, -0.05) is 30.3 Å². The normalized spacial score (nSPS) is 18.8. The van der Waals surface area contributed by atoms with Crippen LogP contribution in [-0.2, 0) is 12.7 Å². The molecule has 12 heteroatoms. The molecule has 2 heterocycles. The minimum Gasteiger partial charge on any atom is -0.496 e. The maximum Gasteiger partial charge on any atom is 0.453 e. The van der Waals surface area contributed by atoms with Crippen molar-refractivity contribution in [2.75, 3.05) is 13.7 Å². The molecule has 2 aromatic carbocycles. The van der Waals surface area contributed by atoms with Crippen LogP contribution in [0.15, 0.2) is 48.5 Å². The molecule has 1 saturated heterocycles. The molecule has 0 amide bonds. The standard InChI is InChI=1S/C21H23F3N6O.2ClH/c1-31-18-10-9-16(30-20(21(22,23)24)26-27-28-30)12-15(18)13-29-11-5-8-17(25)19(29)14-6-3-2-4-7-14;;/h2-4,6-7,9-10,12,17,19H,5,8,11,13,25H2,1H3;2*1H. The molecule has 3 aromatic rings. The summed E-state index contributed by atoms with van der Waals surface area (Å²) in [5.74, 6) is -0.595. The predicted octanol–water partition coefficient (Wildman–Crippen LogP) is 4.20. The summed E-state index contributed by atoms with van der Waals surface area (Å²) in [6.07, 6.45) is -2.81. The lowest BCUT2D eigenvalue weighted by Gasteiger charge is -2.40. The largest absolute Gasteiger partial charge is 0.496 e. The number of likely N-dealkylation sites (tertiary alicyclic amines) is 1. The molecule has 1 aliphatic rings. The molecule has 0 saturated carbocycles. The zero-order valence-electron chi connectivity index (χ0n) is 17.8. The second-order valence-electron chi connectivity index (χ2n) is 7.54. The van der Waals surface area contributed by atoms with Gasteiger partial charge < -0.3 is 10.5 Å². The van der Waals surface area contributed by atoms with Gasteiger partial charge in [-0.25, -0.2) is 0 Å². The van der Waals surface area contributed by atoms with E-state index in [1.165, 1.54) is 13.2 Å². The Morgan fingerprint density at radius 1 is 1.12 bits per heavy atom. The number of benzene rings is 2. The van der Waals surface area contributed by atoms with Crippen LogP contribution in [-0.4, -0.2) is 44.8 Å².